The van der Waals surface area contributed by atoms with Crippen LogP contribution < -0.4 is 9.04 Å². The van der Waals surface area contributed by atoms with Gasteiger partial charge in [-0.1, -0.05) is 29.8 Å². The van der Waals surface area contributed by atoms with Gasteiger partial charge in [0.05, 0.1) is 27.6 Å². The van der Waals surface area contributed by atoms with Crippen LogP contribution in [0.15, 0.2) is 71.6 Å². The molecule has 160 valence electrons. The van der Waals surface area contributed by atoms with E-state index in [2.05, 4.69) is 0 Å². The number of rotatable bonds is 6. The lowest BCUT2D eigenvalue weighted by molar-refractivity contribution is -0.385. The van der Waals surface area contributed by atoms with Gasteiger partial charge in [-0.3, -0.25) is 14.9 Å². The Bertz CT molecular complexity index is 1260. The minimum Gasteiger partial charge on any atom is -0.495 e. The van der Waals surface area contributed by atoms with E-state index in [1.165, 1.54) is 68.6 Å². The summed E-state index contributed by atoms with van der Waals surface area (Å²) < 4.78 is 32.5. The maximum Gasteiger partial charge on any atom is 0.272 e. The molecule has 0 unspecified atom stereocenters. The van der Waals surface area contributed by atoms with Gasteiger partial charge in [0.1, 0.15) is 5.75 Å². The van der Waals surface area contributed by atoms with E-state index >= 15 is 0 Å². The highest BCUT2D eigenvalue weighted by Gasteiger charge is 2.33. The van der Waals surface area contributed by atoms with E-state index in [0.717, 1.165) is 6.07 Å². The summed E-state index contributed by atoms with van der Waals surface area (Å²) in [4.78, 5) is 23.8. The van der Waals surface area contributed by atoms with E-state index in [0.29, 0.717) is 10.1 Å². The van der Waals surface area contributed by atoms with Gasteiger partial charge in [-0.25, -0.2) is 8.42 Å². The van der Waals surface area contributed by atoms with E-state index in [9.17, 15) is 23.3 Å². The first-order chi connectivity index (χ1) is 14.7. The summed E-state index contributed by atoms with van der Waals surface area (Å²) in [6.07, 6.45) is 0. The molecule has 3 rings (SSSR count). The van der Waals surface area contributed by atoms with Crippen LogP contribution >= 0.6 is 11.6 Å². The number of nitro benzene ring substituents is 1. The molecule has 0 heterocycles. The number of hydrogen-bond acceptors (Lipinski definition) is 6. The van der Waals surface area contributed by atoms with Crippen molar-refractivity contribution in [2.24, 2.45) is 0 Å². The average Bonchev–Trinajstić information content (AvgIpc) is 2.74. The van der Waals surface area contributed by atoms with Crippen molar-refractivity contribution in [3.05, 3.63) is 93.0 Å². The molecule has 10 heteroatoms. The number of halogens is 1. The third-order valence-electron chi connectivity index (χ3n) is 4.48. The van der Waals surface area contributed by atoms with Crippen molar-refractivity contribution in [1.29, 1.82) is 0 Å². The number of carbonyl (C=O) groups excluding carboxylic acids is 1. The second-order valence-corrected chi connectivity index (χ2v) is 8.66. The van der Waals surface area contributed by atoms with E-state index in [-0.39, 0.29) is 32.4 Å². The van der Waals surface area contributed by atoms with Crippen LogP contribution in [-0.2, 0) is 10.0 Å². The Labute approximate surface area is 183 Å². The average molecular weight is 461 g/mol. The van der Waals surface area contributed by atoms with Gasteiger partial charge in [0.25, 0.3) is 21.6 Å². The van der Waals surface area contributed by atoms with Crippen LogP contribution in [0.1, 0.15) is 15.9 Å². The normalized spacial score (nSPS) is 11.1. The fraction of sp³-hybridized carbons (Fsp3) is 0.0952. The standard InChI is InChI=1S/C21H17ClN2O6S/c1-14-12-15(8-10-19(14)24(26)27)21(25)23(16-9-11-20(30-2)18(22)13-16)31(28,29)17-6-4-3-5-7-17/h3-13H,1-2H3. The van der Waals surface area contributed by atoms with Crippen LogP contribution in [0.5, 0.6) is 5.75 Å². The van der Waals surface area contributed by atoms with Crippen LogP contribution in [0.2, 0.25) is 5.02 Å². The summed E-state index contributed by atoms with van der Waals surface area (Å²) in [5.41, 5.74) is 0.00684. The highest BCUT2D eigenvalue weighted by atomic mass is 35.5. The molecule has 0 fully saturated rings. The highest BCUT2D eigenvalue weighted by Crippen LogP contribution is 2.33. The fourth-order valence-electron chi connectivity index (χ4n) is 2.96. The monoisotopic (exact) mass is 460 g/mol. The van der Waals surface area contributed by atoms with Crippen molar-refractivity contribution >= 4 is 38.9 Å². The van der Waals surface area contributed by atoms with Crippen molar-refractivity contribution in [3.8, 4) is 5.75 Å². The van der Waals surface area contributed by atoms with Gasteiger partial charge >= 0.3 is 0 Å². The Morgan fingerprint density at radius 3 is 2.29 bits per heavy atom. The number of amides is 1. The predicted octanol–water partition coefficient (Wildman–Crippen LogP) is 4.60. The smallest absolute Gasteiger partial charge is 0.272 e. The van der Waals surface area contributed by atoms with Crippen LogP contribution in [0, 0.1) is 17.0 Å². The molecule has 0 saturated heterocycles. The number of nitro groups is 1. The topological polar surface area (TPSA) is 107 Å². The Hall–Kier alpha value is -3.43. The summed E-state index contributed by atoms with van der Waals surface area (Å²) in [7, 11) is -2.92. The van der Waals surface area contributed by atoms with Gasteiger partial charge in [-0.2, -0.15) is 4.31 Å². The first-order valence-electron chi connectivity index (χ1n) is 8.90. The second-order valence-electron chi connectivity index (χ2n) is 6.46. The number of nitrogens with zero attached hydrogens (tertiary/aromatic N) is 2. The van der Waals surface area contributed by atoms with Crippen molar-refractivity contribution in [3.63, 3.8) is 0 Å². The SMILES string of the molecule is COc1ccc(N(C(=O)c2ccc([N+](=O)[O-])c(C)c2)S(=O)(=O)c2ccccc2)cc1Cl. The molecule has 8 nitrogen and oxygen atoms in total. The lowest BCUT2D eigenvalue weighted by atomic mass is 10.1. The van der Waals surface area contributed by atoms with Crippen molar-refractivity contribution < 1.29 is 22.9 Å². The first-order valence-corrected chi connectivity index (χ1v) is 10.7. The van der Waals surface area contributed by atoms with Gasteiger partial charge < -0.3 is 4.74 Å². The summed E-state index contributed by atoms with van der Waals surface area (Å²) in [5.74, 6) is -0.579. The quantitative estimate of drug-likeness (QED) is 0.393. The summed E-state index contributed by atoms with van der Waals surface area (Å²) in [6.45, 7) is 1.47. The number of sulfonamides is 1. The minimum atomic E-state index is -4.33. The second kappa shape index (κ2) is 8.75. The molecule has 0 radical (unpaired) electrons. The van der Waals surface area contributed by atoms with E-state index in [1.807, 2.05) is 0 Å². The predicted molar refractivity (Wildman–Crippen MR) is 116 cm³/mol. The summed E-state index contributed by atoms with van der Waals surface area (Å²) in [6, 6.07) is 15.2. The van der Waals surface area contributed by atoms with E-state index in [4.69, 9.17) is 16.3 Å². The van der Waals surface area contributed by atoms with E-state index in [1.54, 1.807) is 6.07 Å². The fourth-order valence-corrected chi connectivity index (χ4v) is 4.63. The molecule has 0 atom stereocenters. The third-order valence-corrected chi connectivity index (χ3v) is 6.50. The molecular weight excluding hydrogens is 444 g/mol. The maximum atomic E-state index is 13.4. The molecule has 0 aromatic heterocycles. The van der Waals surface area contributed by atoms with Gasteiger partial charge in [0.15, 0.2) is 0 Å². The van der Waals surface area contributed by atoms with E-state index < -0.39 is 20.9 Å². The zero-order valence-corrected chi connectivity index (χ0v) is 18.1. The van der Waals surface area contributed by atoms with Crippen molar-refractivity contribution in [2.75, 3.05) is 11.4 Å². The minimum absolute atomic E-state index is 0.00402. The zero-order chi connectivity index (χ0) is 22.8. The van der Waals surface area contributed by atoms with Crippen LogP contribution in [0.3, 0.4) is 0 Å². The van der Waals surface area contributed by atoms with Crippen molar-refractivity contribution in [2.45, 2.75) is 11.8 Å². The zero-order valence-electron chi connectivity index (χ0n) is 16.5. The molecule has 0 aliphatic carbocycles. The number of aryl methyl sites for hydroxylation is 1. The molecule has 0 N–H and O–H groups in total. The largest absolute Gasteiger partial charge is 0.495 e. The molecule has 0 aliphatic heterocycles. The molecular formula is C21H17ClN2O6S. The number of ether oxygens (including phenoxy) is 1. The molecule has 0 aliphatic rings. The number of methoxy groups -OCH3 is 1. The van der Waals surface area contributed by atoms with Gasteiger partial charge in [-0.15, -0.1) is 0 Å². The van der Waals surface area contributed by atoms with Crippen LogP contribution in [0.25, 0.3) is 0 Å². The summed E-state index contributed by atoms with van der Waals surface area (Å²) >= 11 is 6.17. The van der Waals surface area contributed by atoms with Gasteiger partial charge in [0, 0.05) is 17.2 Å². The number of benzene rings is 3. The van der Waals surface area contributed by atoms with Gasteiger partial charge in [0.2, 0.25) is 0 Å². The molecule has 0 bridgehead atoms. The Morgan fingerprint density at radius 2 is 1.74 bits per heavy atom. The number of hydrogen-bond donors (Lipinski definition) is 0. The lowest BCUT2D eigenvalue weighted by Crippen LogP contribution is -2.37. The molecule has 1 amide bonds. The molecule has 0 saturated carbocycles. The molecule has 0 spiro atoms. The lowest BCUT2D eigenvalue weighted by Gasteiger charge is -2.23. The van der Waals surface area contributed by atoms with Gasteiger partial charge in [-0.05, 0) is 49.4 Å². The third kappa shape index (κ3) is 4.37. The first kappa shape index (κ1) is 22.3. The number of anilines is 1. The molecule has 3 aromatic carbocycles. The molecule has 3 aromatic rings. The molecule has 31 heavy (non-hydrogen) atoms. The van der Waals surface area contributed by atoms with Crippen LogP contribution in [0.4, 0.5) is 11.4 Å². The highest BCUT2D eigenvalue weighted by molar-refractivity contribution is 7.93. The van der Waals surface area contributed by atoms with Crippen LogP contribution in [-0.4, -0.2) is 26.4 Å². The maximum absolute atomic E-state index is 13.4. The van der Waals surface area contributed by atoms with Crippen molar-refractivity contribution in [1.82, 2.24) is 0 Å². The Balaban J connectivity index is 2.19. The summed E-state index contributed by atoms with van der Waals surface area (Å²) in [5, 5.41) is 11.2. The number of carbonyl (C=O) groups is 1. The Kier molecular flexibility index (Phi) is 6.28. The Morgan fingerprint density at radius 1 is 1.06 bits per heavy atom.